The van der Waals surface area contributed by atoms with Crippen LogP contribution in [0.1, 0.15) is 33.6 Å². The topological polar surface area (TPSA) is 15.3 Å². The third kappa shape index (κ3) is 6.81. The summed E-state index contributed by atoms with van der Waals surface area (Å²) in [6, 6.07) is 0.747. The predicted molar refractivity (Wildman–Crippen MR) is 84.4 cm³/mol. The SMILES string of the molecule is CSCC(C)CNC1CCN(CC=C(C)C)CC1. The van der Waals surface area contributed by atoms with Gasteiger partial charge in [0.1, 0.15) is 0 Å². The van der Waals surface area contributed by atoms with Crippen LogP contribution < -0.4 is 5.32 Å². The van der Waals surface area contributed by atoms with Crippen molar-refractivity contribution < 1.29 is 0 Å². The Morgan fingerprint density at radius 1 is 1.39 bits per heavy atom. The first-order valence-electron chi connectivity index (χ1n) is 7.20. The summed E-state index contributed by atoms with van der Waals surface area (Å²) >= 11 is 1.95. The molecule has 2 nitrogen and oxygen atoms in total. The molecule has 0 saturated carbocycles. The van der Waals surface area contributed by atoms with Crippen molar-refractivity contribution in [2.45, 2.75) is 39.7 Å². The minimum absolute atomic E-state index is 0.747. The summed E-state index contributed by atoms with van der Waals surface area (Å²) < 4.78 is 0. The van der Waals surface area contributed by atoms with Crippen LogP contribution in [0.15, 0.2) is 11.6 Å². The Hall–Kier alpha value is 0.0100. The van der Waals surface area contributed by atoms with Gasteiger partial charge in [-0.25, -0.2) is 0 Å². The first-order valence-corrected chi connectivity index (χ1v) is 8.59. The second-order valence-corrected chi connectivity index (χ2v) is 6.74. The molecule has 1 atom stereocenters. The highest BCUT2D eigenvalue weighted by Crippen LogP contribution is 2.11. The molecular formula is C15H30N2S. The molecule has 0 spiro atoms. The van der Waals surface area contributed by atoms with Gasteiger partial charge in [-0.2, -0.15) is 11.8 Å². The lowest BCUT2D eigenvalue weighted by atomic mass is 10.0. The fraction of sp³-hybridized carbons (Fsp3) is 0.867. The van der Waals surface area contributed by atoms with Gasteiger partial charge in [0.2, 0.25) is 0 Å². The maximum absolute atomic E-state index is 3.74. The van der Waals surface area contributed by atoms with Crippen molar-refractivity contribution >= 4 is 11.8 Å². The molecule has 1 saturated heterocycles. The van der Waals surface area contributed by atoms with Crippen LogP contribution in [0.3, 0.4) is 0 Å². The van der Waals surface area contributed by atoms with Crippen LogP contribution in [-0.2, 0) is 0 Å². The molecule has 18 heavy (non-hydrogen) atoms. The number of hydrogen-bond donors (Lipinski definition) is 1. The molecule has 0 aromatic rings. The van der Waals surface area contributed by atoms with Crippen LogP contribution >= 0.6 is 11.8 Å². The summed E-state index contributed by atoms with van der Waals surface area (Å²) in [4.78, 5) is 2.57. The van der Waals surface area contributed by atoms with Gasteiger partial charge in [0.15, 0.2) is 0 Å². The smallest absolute Gasteiger partial charge is 0.0165 e. The zero-order valence-corrected chi connectivity index (χ0v) is 13.4. The Morgan fingerprint density at radius 3 is 2.61 bits per heavy atom. The van der Waals surface area contributed by atoms with Crippen LogP contribution in [0.5, 0.6) is 0 Å². The normalized spacial score (nSPS) is 19.8. The molecule has 106 valence electrons. The fourth-order valence-corrected chi connectivity index (χ4v) is 3.03. The second-order valence-electron chi connectivity index (χ2n) is 5.83. The van der Waals surface area contributed by atoms with Crippen LogP contribution in [-0.4, -0.2) is 49.1 Å². The van der Waals surface area contributed by atoms with Gasteiger partial charge < -0.3 is 5.32 Å². The lowest BCUT2D eigenvalue weighted by Gasteiger charge is -2.32. The number of nitrogens with one attached hydrogen (secondary N) is 1. The van der Waals surface area contributed by atoms with Crippen LogP contribution in [0.4, 0.5) is 0 Å². The van der Waals surface area contributed by atoms with Crippen LogP contribution in [0.2, 0.25) is 0 Å². The zero-order chi connectivity index (χ0) is 13.4. The summed E-state index contributed by atoms with van der Waals surface area (Å²) in [7, 11) is 0. The Labute approximate surface area is 118 Å². The van der Waals surface area contributed by atoms with Crippen molar-refractivity contribution in [1.82, 2.24) is 10.2 Å². The molecule has 0 aromatic carbocycles. The quantitative estimate of drug-likeness (QED) is 0.716. The summed E-state index contributed by atoms with van der Waals surface area (Å²) in [5.41, 5.74) is 1.43. The summed E-state index contributed by atoms with van der Waals surface area (Å²) in [5.74, 6) is 2.07. The highest BCUT2D eigenvalue weighted by atomic mass is 32.2. The van der Waals surface area contributed by atoms with E-state index < -0.39 is 0 Å². The molecule has 1 heterocycles. The molecular weight excluding hydrogens is 240 g/mol. The van der Waals surface area contributed by atoms with Gasteiger partial charge in [0.05, 0.1) is 0 Å². The first kappa shape index (κ1) is 16.1. The number of rotatable bonds is 7. The molecule has 1 rings (SSSR count). The molecule has 1 N–H and O–H groups in total. The maximum Gasteiger partial charge on any atom is 0.0165 e. The summed E-state index contributed by atoms with van der Waals surface area (Å²) in [5, 5.41) is 3.74. The third-order valence-corrected chi connectivity index (χ3v) is 4.45. The second kappa shape index (κ2) is 9.00. The lowest BCUT2D eigenvalue weighted by molar-refractivity contribution is 0.212. The van der Waals surface area contributed by atoms with E-state index in [1.54, 1.807) is 0 Å². The molecule has 0 aliphatic carbocycles. The molecule has 1 aliphatic rings. The van der Waals surface area contributed by atoms with Gasteiger partial charge in [0.25, 0.3) is 0 Å². The molecule has 1 fully saturated rings. The van der Waals surface area contributed by atoms with Crippen molar-refractivity contribution in [3.8, 4) is 0 Å². The predicted octanol–water partition coefficient (Wildman–Crippen LogP) is 3.01. The molecule has 1 aliphatic heterocycles. The molecule has 1 unspecified atom stereocenters. The molecule has 3 heteroatoms. The number of allylic oxidation sites excluding steroid dienone is 1. The minimum Gasteiger partial charge on any atom is -0.314 e. The molecule has 0 amide bonds. The molecule has 0 radical (unpaired) electrons. The van der Waals surface area contributed by atoms with E-state index in [4.69, 9.17) is 0 Å². The molecule has 0 bridgehead atoms. The van der Waals surface area contributed by atoms with Crippen molar-refractivity contribution in [3.05, 3.63) is 11.6 Å². The van der Waals surface area contributed by atoms with E-state index in [1.165, 1.54) is 43.8 Å². The minimum atomic E-state index is 0.747. The highest BCUT2D eigenvalue weighted by Gasteiger charge is 2.18. The first-order chi connectivity index (χ1) is 8.61. The van der Waals surface area contributed by atoms with E-state index in [2.05, 4.69) is 43.3 Å². The van der Waals surface area contributed by atoms with Gasteiger partial charge in [-0.05, 0) is 64.2 Å². The van der Waals surface area contributed by atoms with Crippen molar-refractivity contribution in [3.63, 3.8) is 0 Å². The average Bonchev–Trinajstić information content (AvgIpc) is 2.35. The van der Waals surface area contributed by atoms with E-state index in [0.29, 0.717) is 0 Å². The fourth-order valence-electron chi connectivity index (χ4n) is 2.34. The number of nitrogens with zero attached hydrogens (tertiary/aromatic N) is 1. The van der Waals surface area contributed by atoms with Gasteiger partial charge in [0, 0.05) is 12.6 Å². The van der Waals surface area contributed by atoms with E-state index >= 15 is 0 Å². The van der Waals surface area contributed by atoms with Crippen molar-refractivity contribution in [2.24, 2.45) is 5.92 Å². The van der Waals surface area contributed by atoms with E-state index in [1.807, 2.05) is 11.8 Å². The van der Waals surface area contributed by atoms with Gasteiger partial charge in [-0.3, -0.25) is 4.90 Å². The largest absolute Gasteiger partial charge is 0.314 e. The lowest BCUT2D eigenvalue weighted by Crippen LogP contribution is -2.43. The highest BCUT2D eigenvalue weighted by molar-refractivity contribution is 7.98. The Morgan fingerprint density at radius 2 is 2.06 bits per heavy atom. The number of likely N-dealkylation sites (tertiary alicyclic amines) is 1. The van der Waals surface area contributed by atoms with Crippen LogP contribution in [0, 0.1) is 5.92 Å². The van der Waals surface area contributed by atoms with E-state index in [-0.39, 0.29) is 0 Å². The zero-order valence-electron chi connectivity index (χ0n) is 12.5. The van der Waals surface area contributed by atoms with E-state index in [9.17, 15) is 0 Å². The number of thioether (sulfide) groups is 1. The standard InChI is InChI=1S/C15H30N2S/c1-13(2)5-8-17-9-6-15(7-10-17)16-11-14(3)12-18-4/h5,14-16H,6-12H2,1-4H3. The Bertz CT molecular complexity index is 241. The molecule has 0 aromatic heterocycles. The van der Waals surface area contributed by atoms with Crippen molar-refractivity contribution in [2.75, 3.05) is 38.2 Å². The van der Waals surface area contributed by atoms with Crippen LogP contribution in [0.25, 0.3) is 0 Å². The van der Waals surface area contributed by atoms with Gasteiger partial charge in [-0.15, -0.1) is 0 Å². The average molecular weight is 270 g/mol. The Balaban J connectivity index is 2.13. The third-order valence-electron chi connectivity index (χ3n) is 3.55. The van der Waals surface area contributed by atoms with Gasteiger partial charge in [-0.1, -0.05) is 18.6 Å². The maximum atomic E-state index is 3.74. The monoisotopic (exact) mass is 270 g/mol. The number of hydrogen-bond acceptors (Lipinski definition) is 3. The number of piperidine rings is 1. The van der Waals surface area contributed by atoms with Crippen molar-refractivity contribution in [1.29, 1.82) is 0 Å². The Kier molecular flexibility index (Phi) is 8.03. The van der Waals surface area contributed by atoms with Gasteiger partial charge >= 0.3 is 0 Å². The summed E-state index contributed by atoms with van der Waals surface area (Å²) in [6.45, 7) is 11.5. The summed E-state index contributed by atoms with van der Waals surface area (Å²) in [6.07, 6.45) is 7.15. The van der Waals surface area contributed by atoms with E-state index in [0.717, 1.165) is 18.5 Å².